The summed E-state index contributed by atoms with van der Waals surface area (Å²) in [5.74, 6) is 1.35. The van der Waals surface area contributed by atoms with Gasteiger partial charge in [-0.25, -0.2) is 8.42 Å². The lowest BCUT2D eigenvalue weighted by Gasteiger charge is -2.29. The maximum atomic E-state index is 13.1. The van der Waals surface area contributed by atoms with Crippen LogP contribution in [0.5, 0.6) is 17.2 Å². The van der Waals surface area contributed by atoms with E-state index in [0.717, 1.165) is 10.2 Å². The molecular weight excluding hydrogens is 490 g/mol. The summed E-state index contributed by atoms with van der Waals surface area (Å²) in [5, 5.41) is 0. The van der Waals surface area contributed by atoms with Crippen molar-refractivity contribution in [3.05, 3.63) is 53.9 Å². The molecule has 3 heterocycles. The van der Waals surface area contributed by atoms with Crippen LogP contribution in [-0.4, -0.2) is 50.2 Å². The molecule has 0 N–H and O–H groups in total. The first kappa shape index (κ1) is 23.6. The van der Waals surface area contributed by atoms with Gasteiger partial charge < -0.3 is 18.8 Å². The Bertz CT molecular complexity index is 1450. The van der Waals surface area contributed by atoms with Gasteiger partial charge in [-0.15, -0.1) is 6.58 Å². The molecule has 0 saturated carbocycles. The van der Waals surface area contributed by atoms with Crippen LogP contribution in [0.4, 0.5) is 0 Å². The van der Waals surface area contributed by atoms with Gasteiger partial charge in [0.2, 0.25) is 16.8 Å². The molecule has 0 atom stereocenters. The number of piperidine rings is 1. The summed E-state index contributed by atoms with van der Waals surface area (Å²) in [5.41, 5.74) is 0.895. The van der Waals surface area contributed by atoms with Crippen molar-refractivity contribution in [3.8, 4) is 17.2 Å². The number of rotatable bonds is 6. The fourth-order valence-electron chi connectivity index (χ4n) is 4.28. The summed E-state index contributed by atoms with van der Waals surface area (Å²) in [7, 11) is -2.10. The predicted molar refractivity (Wildman–Crippen MR) is 131 cm³/mol. The molecule has 184 valence electrons. The first-order chi connectivity index (χ1) is 16.9. The predicted octanol–water partition coefficient (Wildman–Crippen LogP) is 3.15. The number of benzene rings is 2. The molecule has 1 amide bonds. The maximum absolute atomic E-state index is 13.1. The lowest BCUT2D eigenvalue weighted by molar-refractivity contribution is -0.122. The van der Waals surface area contributed by atoms with Crippen LogP contribution in [0.3, 0.4) is 0 Å². The number of fused-ring (bicyclic) bond motifs is 2. The number of ether oxygens (including phenoxy) is 3. The van der Waals surface area contributed by atoms with Crippen LogP contribution in [0.2, 0.25) is 0 Å². The normalized spacial score (nSPS) is 17.1. The van der Waals surface area contributed by atoms with E-state index in [2.05, 4.69) is 11.6 Å². The second-order valence-electron chi connectivity index (χ2n) is 8.26. The zero-order chi connectivity index (χ0) is 24.6. The van der Waals surface area contributed by atoms with Crippen molar-refractivity contribution < 1.29 is 27.4 Å². The smallest absolute Gasteiger partial charge is 0.251 e. The zero-order valence-electron chi connectivity index (χ0n) is 19.2. The molecule has 2 aromatic carbocycles. The van der Waals surface area contributed by atoms with Crippen LogP contribution in [0.1, 0.15) is 12.8 Å². The van der Waals surface area contributed by atoms with Gasteiger partial charge in [0.1, 0.15) is 5.75 Å². The Morgan fingerprint density at radius 1 is 1.20 bits per heavy atom. The van der Waals surface area contributed by atoms with Crippen molar-refractivity contribution in [2.45, 2.75) is 24.3 Å². The molecule has 9 nitrogen and oxygen atoms in total. The van der Waals surface area contributed by atoms with Crippen molar-refractivity contribution in [1.29, 1.82) is 0 Å². The van der Waals surface area contributed by atoms with E-state index in [1.807, 2.05) is 16.7 Å². The number of carbonyl (C=O) groups excluding carboxylic acids is 1. The van der Waals surface area contributed by atoms with Gasteiger partial charge in [-0.05, 0) is 37.1 Å². The van der Waals surface area contributed by atoms with Crippen LogP contribution >= 0.6 is 11.3 Å². The van der Waals surface area contributed by atoms with Crippen molar-refractivity contribution in [1.82, 2.24) is 8.87 Å². The minimum absolute atomic E-state index is 0.191. The van der Waals surface area contributed by atoms with Crippen LogP contribution in [0, 0.1) is 5.92 Å². The molecule has 5 rings (SSSR count). The largest absolute Gasteiger partial charge is 0.497 e. The number of carbonyl (C=O) groups is 1. The Kier molecular flexibility index (Phi) is 6.39. The molecule has 11 heteroatoms. The van der Waals surface area contributed by atoms with Gasteiger partial charge in [-0.2, -0.15) is 9.30 Å². The van der Waals surface area contributed by atoms with Crippen molar-refractivity contribution in [3.63, 3.8) is 0 Å². The van der Waals surface area contributed by atoms with Gasteiger partial charge in [0, 0.05) is 37.7 Å². The van der Waals surface area contributed by atoms with Crippen LogP contribution in [0.25, 0.3) is 10.2 Å². The highest BCUT2D eigenvalue weighted by Crippen LogP contribution is 2.37. The lowest BCUT2D eigenvalue weighted by Crippen LogP contribution is -2.40. The van der Waals surface area contributed by atoms with Gasteiger partial charge in [0.05, 0.1) is 22.2 Å². The molecule has 0 spiro atoms. The zero-order valence-corrected chi connectivity index (χ0v) is 20.8. The molecule has 1 saturated heterocycles. The Hall–Kier alpha value is -3.15. The highest BCUT2D eigenvalue weighted by Gasteiger charge is 2.32. The molecule has 35 heavy (non-hydrogen) atoms. The minimum Gasteiger partial charge on any atom is -0.497 e. The van der Waals surface area contributed by atoms with Gasteiger partial charge >= 0.3 is 0 Å². The van der Waals surface area contributed by atoms with E-state index < -0.39 is 10.0 Å². The van der Waals surface area contributed by atoms with Crippen molar-refractivity contribution >= 4 is 37.5 Å². The monoisotopic (exact) mass is 515 g/mol. The molecular formula is C24H25N3O6S2. The van der Waals surface area contributed by atoms with Crippen LogP contribution in [0.15, 0.2) is 58.9 Å². The Balaban J connectivity index is 1.34. The maximum Gasteiger partial charge on any atom is 0.251 e. The highest BCUT2D eigenvalue weighted by molar-refractivity contribution is 7.89. The van der Waals surface area contributed by atoms with Gasteiger partial charge in [-0.1, -0.05) is 17.4 Å². The second kappa shape index (κ2) is 9.48. The van der Waals surface area contributed by atoms with E-state index in [4.69, 9.17) is 14.2 Å². The number of hydrogen-bond acceptors (Lipinski definition) is 7. The van der Waals surface area contributed by atoms with E-state index in [0.29, 0.717) is 41.4 Å². The van der Waals surface area contributed by atoms with E-state index in [-0.39, 0.29) is 36.6 Å². The summed E-state index contributed by atoms with van der Waals surface area (Å²) in [4.78, 5) is 18.3. The number of allylic oxidation sites excluding steroid dienone is 1. The molecule has 1 fully saturated rings. The lowest BCUT2D eigenvalue weighted by atomic mass is 9.98. The molecule has 2 aliphatic rings. The Morgan fingerprint density at radius 2 is 1.89 bits per heavy atom. The topological polar surface area (TPSA) is 99.4 Å². The summed E-state index contributed by atoms with van der Waals surface area (Å²) >= 11 is 1.40. The van der Waals surface area contributed by atoms with Gasteiger partial charge in [0.15, 0.2) is 16.3 Å². The Morgan fingerprint density at radius 3 is 2.54 bits per heavy atom. The quantitative estimate of drug-likeness (QED) is 0.468. The number of methoxy groups -OCH3 is 1. The van der Waals surface area contributed by atoms with Gasteiger partial charge in [0.25, 0.3) is 5.91 Å². The van der Waals surface area contributed by atoms with Crippen LogP contribution in [-0.2, 0) is 21.4 Å². The summed E-state index contributed by atoms with van der Waals surface area (Å²) in [6.45, 7) is 5.03. The van der Waals surface area contributed by atoms with E-state index in [9.17, 15) is 13.2 Å². The molecule has 3 aromatic rings. The first-order valence-electron chi connectivity index (χ1n) is 11.2. The first-order valence-corrected chi connectivity index (χ1v) is 13.4. The molecule has 0 bridgehead atoms. The number of nitrogens with zero attached hydrogens (tertiary/aromatic N) is 3. The third-order valence-corrected chi connectivity index (χ3v) is 9.15. The summed E-state index contributed by atoms with van der Waals surface area (Å²) in [6.07, 6.45) is 2.59. The van der Waals surface area contributed by atoms with E-state index in [1.54, 1.807) is 18.2 Å². The molecule has 0 unspecified atom stereocenters. The number of amides is 1. The van der Waals surface area contributed by atoms with Gasteiger partial charge in [-0.3, -0.25) is 4.79 Å². The molecule has 0 aliphatic carbocycles. The SMILES string of the molecule is C=CCn1c(=NC(=O)C2CCN(S(=O)(=O)c3ccc(OC)cc3)CC2)sc2cc3c(cc21)OCO3. The minimum atomic E-state index is -3.63. The summed E-state index contributed by atoms with van der Waals surface area (Å²) in [6, 6.07) is 10.1. The summed E-state index contributed by atoms with van der Waals surface area (Å²) < 4.78 is 46.4. The second-order valence-corrected chi connectivity index (χ2v) is 11.2. The molecule has 1 aromatic heterocycles. The average molecular weight is 516 g/mol. The molecule has 2 aliphatic heterocycles. The highest BCUT2D eigenvalue weighted by atomic mass is 32.2. The number of hydrogen-bond donors (Lipinski definition) is 0. The van der Waals surface area contributed by atoms with Crippen LogP contribution < -0.4 is 19.0 Å². The third kappa shape index (κ3) is 4.46. The number of thiazole rings is 1. The average Bonchev–Trinajstić information content (AvgIpc) is 3.46. The molecule has 0 radical (unpaired) electrons. The van der Waals surface area contributed by atoms with E-state index in [1.165, 1.54) is 34.9 Å². The standard InChI is InChI=1S/C24H25N3O6S2/c1-3-10-27-19-13-20-21(33-15-32-20)14-22(19)34-24(27)25-23(28)16-8-11-26(12-9-16)35(29,30)18-6-4-17(31-2)5-7-18/h3-7,13-14,16H,1,8-12,15H2,2H3. The number of sulfonamides is 1. The van der Waals surface area contributed by atoms with Crippen molar-refractivity contribution in [2.24, 2.45) is 10.9 Å². The third-order valence-electron chi connectivity index (χ3n) is 6.19. The van der Waals surface area contributed by atoms with E-state index >= 15 is 0 Å². The fourth-order valence-corrected chi connectivity index (χ4v) is 6.80. The number of aromatic nitrogens is 1. The fraction of sp³-hybridized carbons (Fsp3) is 0.333. The van der Waals surface area contributed by atoms with Crippen molar-refractivity contribution in [2.75, 3.05) is 27.0 Å². The Labute approximate surface area is 206 Å².